The van der Waals surface area contributed by atoms with Gasteiger partial charge in [-0.05, 0) is 36.8 Å². The van der Waals surface area contributed by atoms with Crippen molar-refractivity contribution < 1.29 is 19.0 Å². The van der Waals surface area contributed by atoms with Crippen LogP contribution in [-0.2, 0) is 11.3 Å². The molecule has 2 aromatic rings. The molecule has 1 atom stereocenters. The van der Waals surface area contributed by atoms with Gasteiger partial charge in [-0.2, -0.15) is 0 Å². The zero-order chi connectivity index (χ0) is 20.4. The molecule has 0 saturated carbocycles. The van der Waals surface area contributed by atoms with Gasteiger partial charge >= 0.3 is 0 Å². The Bertz CT molecular complexity index is 900. The van der Waals surface area contributed by atoms with Crippen LogP contribution in [0.5, 0.6) is 17.2 Å². The van der Waals surface area contributed by atoms with Crippen molar-refractivity contribution in [2.24, 2.45) is 0 Å². The third kappa shape index (κ3) is 4.55. The third-order valence-electron chi connectivity index (χ3n) is 5.09. The van der Waals surface area contributed by atoms with Crippen LogP contribution in [0.1, 0.15) is 12.5 Å². The zero-order valence-corrected chi connectivity index (χ0v) is 17.6. The van der Waals surface area contributed by atoms with E-state index in [1.165, 1.54) is 5.56 Å². The van der Waals surface area contributed by atoms with Crippen LogP contribution in [0.25, 0.3) is 0 Å². The topological polar surface area (TPSA) is 51.2 Å². The lowest BCUT2D eigenvalue weighted by Gasteiger charge is -2.36. The van der Waals surface area contributed by atoms with E-state index in [1.54, 1.807) is 25.1 Å². The average molecular weight is 437 g/mol. The molecule has 0 aliphatic carbocycles. The van der Waals surface area contributed by atoms with Crippen LogP contribution in [0, 0.1) is 0 Å². The number of hydrogen-bond acceptors (Lipinski definition) is 5. The molecule has 0 aromatic heterocycles. The highest BCUT2D eigenvalue weighted by Gasteiger charge is 2.27. The van der Waals surface area contributed by atoms with Crippen molar-refractivity contribution in [3.05, 3.63) is 52.0 Å². The number of halogens is 2. The second-order valence-corrected chi connectivity index (χ2v) is 7.89. The van der Waals surface area contributed by atoms with Crippen molar-refractivity contribution in [1.29, 1.82) is 0 Å². The highest BCUT2D eigenvalue weighted by atomic mass is 35.5. The Balaban J connectivity index is 1.29. The molecule has 2 aliphatic heterocycles. The Morgan fingerprint density at radius 2 is 1.86 bits per heavy atom. The fourth-order valence-electron chi connectivity index (χ4n) is 3.50. The number of benzene rings is 2. The lowest BCUT2D eigenvalue weighted by molar-refractivity contribution is -0.139. The van der Waals surface area contributed by atoms with Crippen LogP contribution < -0.4 is 14.2 Å². The van der Waals surface area contributed by atoms with Crippen LogP contribution in [0.3, 0.4) is 0 Å². The van der Waals surface area contributed by atoms with E-state index in [1.807, 2.05) is 17.0 Å². The van der Waals surface area contributed by atoms with Crippen LogP contribution in [0.4, 0.5) is 0 Å². The molecule has 1 fully saturated rings. The number of nitrogens with zero attached hydrogens (tertiary/aromatic N) is 2. The standard InChI is InChI=1S/C21H22Cl2N2O4/c1-14(29-18-4-2-3-16(22)20(18)23)21(26)25-9-7-24(8-10-25)12-15-5-6-17-19(11-15)28-13-27-17/h2-6,11,14H,7-10,12-13H2,1H3. The van der Waals surface area contributed by atoms with Crippen molar-refractivity contribution >= 4 is 29.1 Å². The average Bonchev–Trinajstić information content (AvgIpc) is 3.19. The molecular weight excluding hydrogens is 415 g/mol. The van der Waals surface area contributed by atoms with E-state index in [0.717, 1.165) is 31.1 Å². The fraction of sp³-hybridized carbons (Fsp3) is 0.381. The summed E-state index contributed by atoms with van der Waals surface area (Å²) in [5.74, 6) is 1.95. The normalized spacial score (nSPS) is 17.3. The first-order chi connectivity index (χ1) is 14.0. The molecule has 6 nitrogen and oxygen atoms in total. The van der Waals surface area contributed by atoms with E-state index in [0.29, 0.717) is 28.9 Å². The van der Waals surface area contributed by atoms with Gasteiger partial charge in [-0.15, -0.1) is 0 Å². The van der Waals surface area contributed by atoms with Gasteiger partial charge in [0.1, 0.15) is 10.8 Å². The van der Waals surface area contributed by atoms with Gasteiger partial charge < -0.3 is 19.1 Å². The molecule has 1 saturated heterocycles. The fourth-order valence-corrected chi connectivity index (χ4v) is 3.83. The SMILES string of the molecule is CC(Oc1cccc(Cl)c1Cl)C(=O)N1CCN(Cc2ccc3c(c2)OCO3)CC1. The monoisotopic (exact) mass is 436 g/mol. The maximum Gasteiger partial charge on any atom is 0.263 e. The van der Waals surface area contributed by atoms with E-state index in [2.05, 4.69) is 11.0 Å². The minimum Gasteiger partial charge on any atom is -0.479 e. The first-order valence-electron chi connectivity index (χ1n) is 9.51. The van der Waals surface area contributed by atoms with Crippen LogP contribution >= 0.6 is 23.2 Å². The molecule has 1 unspecified atom stereocenters. The number of hydrogen-bond donors (Lipinski definition) is 0. The highest BCUT2D eigenvalue weighted by molar-refractivity contribution is 6.42. The lowest BCUT2D eigenvalue weighted by Crippen LogP contribution is -2.51. The molecule has 0 bridgehead atoms. The van der Waals surface area contributed by atoms with E-state index in [-0.39, 0.29) is 12.7 Å². The predicted molar refractivity (Wildman–Crippen MR) is 111 cm³/mol. The summed E-state index contributed by atoms with van der Waals surface area (Å²) in [7, 11) is 0. The van der Waals surface area contributed by atoms with E-state index >= 15 is 0 Å². The molecule has 2 aliphatic rings. The Kier molecular flexibility index (Phi) is 6.04. The Morgan fingerprint density at radius 3 is 2.66 bits per heavy atom. The second kappa shape index (κ2) is 8.69. The summed E-state index contributed by atoms with van der Waals surface area (Å²) >= 11 is 12.2. The van der Waals surface area contributed by atoms with Gasteiger partial charge in [0, 0.05) is 32.7 Å². The molecule has 0 radical (unpaired) electrons. The van der Waals surface area contributed by atoms with Crippen molar-refractivity contribution in [2.75, 3.05) is 33.0 Å². The van der Waals surface area contributed by atoms with Gasteiger partial charge in [0.15, 0.2) is 17.6 Å². The molecule has 154 valence electrons. The van der Waals surface area contributed by atoms with E-state index < -0.39 is 6.10 Å². The maximum absolute atomic E-state index is 12.8. The summed E-state index contributed by atoms with van der Waals surface area (Å²) in [4.78, 5) is 16.9. The van der Waals surface area contributed by atoms with Gasteiger partial charge in [0.2, 0.25) is 6.79 Å². The van der Waals surface area contributed by atoms with Crippen LogP contribution in [0.15, 0.2) is 36.4 Å². The molecule has 2 heterocycles. The first kappa shape index (κ1) is 20.1. The van der Waals surface area contributed by atoms with Gasteiger partial charge in [-0.25, -0.2) is 0 Å². The van der Waals surface area contributed by atoms with Crippen LogP contribution in [0.2, 0.25) is 10.0 Å². The molecule has 29 heavy (non-hydrogen) atoms. The number of fused-ring (bicyclic) bond motifs is 1. The van der Waals surface area contributed by atoms with Gasteiger partial charge in [-0.1, -0.05) is 35.3 Å². The van der Waals surface area contributed by atoms with Crippen molar-refractivity contribution in [2.45, 2.75) is 19.6 Å². The maximum atomic E-state index is 12.8. The van der Waals surface area contributed by atoms with Gasteiger partial charge in [0.05, 0.1) is 5.02 Å². The predicted octanol–water partition coefficient (Wildman–Crippen LogP) is 3.83. The molecule has 1 amide bonds. The van der Waals surface area contributed by atoms with Gasteiger partial charge in [-0.3, -0.25) is 9.69 Å². The Labute approximate surface area is 179 Å². The summed E-state index contributed by atoms with van der Waals surface area (Å²) in [5.41, 5.74) is 1.17. The summed E-state index contributed by atoms with van der Waals surface area (Å²) in [6.07, 6.45) is -0.633. The number of piperazine rings is 1. The quantitative estimate of drug-likeness (QED) is 0.712. The lowest BCUT2D eigenvalue weighted by atomic mass is 10.1. The first-order valence-corrected chi connectivity index (χ1v) is 10.3. The van der Waals surface area contributed by atoms with E-state index in [9.17, 15) is 4.79 Å². The number of rotatable bonds is 5. The molecule has 4 rings (SSSR count). The number of ether oxygens (including phenoxy) is 3. The minimum atomic E-state index is -0.633. The molecular formula is C21H22Cl2N2O4. The van der Waals surface area contributed by atoms with E-state index in [4.69, 9.17) is 37.4 Å². The third-order valence-corrected chi connectivity index (χ3v) is 5.90. The largest absolute Gasteiger partial charge is 0.479 e. The van der Waals surface area contributed by atoms with Crippen LogP contribution in [-0.4, -0.2) is 54.8 Å². The minimum absolute atomic E-state index is 0.0521. The Hall–Kier alpha value is -2.15. The van der Waals surface area contributed by atoms with Crippen molar-refractivity contribution in [3.8, 4) is 17.2 Å². The zero-order valence-electron chi connectivity index (χ0n) is 16.1. The van der Waals surface area contributed by atoms with Gasteiger partial charge in [0.25, 0.3) is 5.91 Å². The highest BCUT2D eigenvalue weighted by Crippen LogP contribution is 2.33. The number of carbonyl (C=O) groups excluding carboxylic acids is 1. The smallest absolute Gasteiger partial charge is 0.263 e. The van der Waals surface area contributed by atoms with Crippen molar-refractivity contribution in [1.82, 2.24) is 9.80 Å². The molecule has 2 aromatic carbocycles. The summed E-state index contributed by atoms with van der Waals surface area (Å²) < 4.78 is 16.6. The summed E-state index contributed by atoms with van der Waals surface area (Å²) in [5, 5.41) is 0.725. The molecule has 0 spiro atoms. The second-order valence-electron chi connectivity index (χ2n) is 7.10. The van der Waals surface area contributed by atoms with Crippen molar-refractivity contribution in [3.63, 3.8) is 0 Å². The Morgan fingerprint density at radius 1 is 1.10 bits per heavy atom. The molecule has 0 N–H and O–H groups in total. The molecule has 8 heteroatoms. The number of amides is 1. The summed E-state index contributed by atoms with van der Waals surface area (Å²) in [6, 6.07) is 11.1. The number of carbonyl (C=O) groups is 1. The summed E-state index contributed by atoms with van der Waals surface area (Å²) in [6.45, 7) is 5.72.